The molecule has 0 atom stereocenters. The first kappa shape index (κ1) is 12.7. The van der Waals surface area contributed by atoms with E-state index in [4.69, 9.17) is 14.6 Å². The van der Waals surface area contributed by atoms with Crippen LogP contribution in [-0.4, -0.2) is 16.9 Å². The highest BCUT2D eigenvalue weighted by Crippen LogP contribution is 2.19. The molecule has 2 heterocycles. The van der Waals surface area contributed by atoms with E-state index < -0.39 is 0 Å². The standard InChI is InChI=1S/C15H17N3O2/c1-10-11(5-6-19-10)8-18(2)9-15-17-13-7-12(16)3-4-14(13)20-15/h3-7H,8-9,16H2,1-2H3. The molecule has 0 saturated heterocycles. The molecule has 2 aromatic heterocycles. The van der Waals surface area contributed by atoms with E-state index in [0.717, 1.165) is 23.4 Å². The highest BCUT2D eigenvalue weighted by atomic mass is 16.3. The van der Waals surface area contributed by atoms with Gasteiger partial charge in [0.2, 0.25) is 5.89 Å². The van der Waals surface area contributed by atoms with Crippen LogP contribution in [0.1, 0.15) is 17.2 Å². The number of rotatable bonds is 4. The minimum Gasteiger partial charge on any atom is -0.469 e. The molecule has 0 saturated carbocycles. The van der Waals surface area contributed by atoms with Gasteiger partial charge in [-0.25, -0.2) is 4.98 Å². The van der Waals surface area contributed by atoms with Crippen LogP contribution in [0, 0.1) is 6.92 Å². The summed E-state index contributed by atoms with van der Waals surface area (Å²) in [4.78, 5) is 6.58. The third-order valence-electron chi connectivity index (χ3n) is 3.27. The Bertz CT molecular complexity index is 730. The molecule has 0 aliphatic heterocycles. The number of nitrogen functional groups attached to an aromatic ring is 1. The molecule has 3 rings (SSSR count). The molecule has 104 valence electrons. The van der Waals surface area contributed by atoms with E-state index >= 15 is 0 Å². The van der Waals surface area contributed by atoms with Crippen LogP contribution in [0.15, 0.2) is 39.4 Å². The molecule has 0 amide bonds. The summed E-state index contributed by atoms with van der Waals surface area (Å²) in [7, 11) is 2.02. The van der Waals surface area contributed by atoms with Gasteiger partial charge in [0.15, 0.2) is 5.58 Å². The average Bonchev–Trinajstić information content (AvgIpc) is 2.95. The SMILES string of the molecule is Cc1occc1CN(C)Cc1nc2cc(N)ccc2o1. The van der Waals surface area contributed by atoms with Crippen LogP contribution < -0.4 is 5.73 Å². The molecular weight excluding hydrogens is 254 g/mol. The summed E-state index contributed by atoms with van der Waals surface area (Å²) in [5.74, 6) is 1.64. The summed E-state index contributed by atoms with van der Waals surface area (Å²) in [5, 5.41) is 0. The Hall–Kier alpha value is -2.27. The summed E-state index contributed by atoms with van der Waals surface area (Å²) >= 11 is 0. The maximum absolute atomic E-state index is 5.74. The molecule has 0 aliphatic rings. The van der Waals surface area contributed by atoms with E-state index in [2.05, 4.69) is 9.88 Å². The van der Waals surface area contributed by atoms with Crippen molar-refractivity contribution < 1.29 is 8.83 Å². The number of aryl methyl sites for hydroxylation is 1. The number of furan rings is 1. The number of nitrogens with two attached hydrogens (primary N) is 1. The lowest BCUT2D eigenvalue weighted by atomic mass is 10.2. The van der Waals surface area contributed by atoms with Crippen LogP contribution in [0.25, 0.3) is 11.1 Å². The number of fused-ring (bicyclic) bond motifs is 1. The summed E-state index contributed by atoms with van der Waals surface area (Å²) in [6.07, 6.45) is 1.71. The first-order valence-electron chi connectivity index (χ1n) is 6.48. The second kappa shape index (κ2) is 5.02. The van der Waals surface area contributed by atoms with Gasteiger partial charge < -0.3 is 14.6 Å². The summed E-state index contributed by atoms with van der Waals surface area (Å²) in [6, 6.07) is 7.47. The van der Waals surface area contributed by atoms with E-state index in [1.54, 1.807) is 6.26 Å². The van der Waals surface area contributed by atoms with Crippen LogP contribution in [0.2, 0.25) is 0 Å². The molecule has 0 bridgehead atoms. The van der Waals surface area contributed by atoms with Crippen molar-refractivity contribution >= 4 is 16.8 Å². The zero-order valence-electron chi connectivity index (χ0n) is 11.6. The predicted octanol–water partition coefficient (Wildman–Crippen LogP) is 2.94. The molecule has 0 aliphatic carbocycles. The fraction of sp³-hybridized carbons (Fsp3) is 0.267. The lowest BCUT2D eigenvalue weighted by Gasteiger charge is -2.13. The Morgan fingerprint density at radius 2 is 2.10 bits per heavy atom. The van der Waals surface area contributed by atoms with Crippen LogP contribution in [0.3, 0.4) is 0 Å². The quantitative estimate of drug-likeness (QED) is 0.739. The number of nitrogens with zero attached hydrogens (tertiary/aromatic N) is 2. The molecule has 0 fully saturated rings. The molecule has 2 N–H and O–H groups in total. The first-order chi connectivity index (χ1) is 9.61. The molecule has 5 heteroatoms. The smallest absolute Gasteiger partial charge is 0.209 e. The molecule has 1 aromatic carbocycles. The van der Waals surface area contributed by atoms with Gasteiger partial charge in [0.1, 0.15) is 11.3 Å². The third-order valence-corrected chi connectivity index (χ3v) is 3.27. The van der Waals surface area contributed by atoms with Crippen molar-refractivity contribution in [2.24, 2.45) is 0 Å². The molecule has 0 radical (unpaired) electrons. The largest absolute Gasteiger partial charge is 0.469 e. The van der Waals surface area contributed by atoms with Crippen LogP contribution in [0.5, 0.6) is 0 Å². The number of hydrogen-bond acceptors (Lipinski definition) is 5. The van der Waals surface area contributed by atoms with Crippen molar-refractivity contribution in [3.63, 3.8) is 0 Å². The van der Waals surface area contributed by atoms with Gasteiger partial charge in [-0.3, -0.25) is 4.90 Å². The van der Waals surface area contributed by atoms with Crippen molar-refractivity contribution in [1.82, 2.24) is 9.88 Å². The van der Waals surface area contributed by atoms with E-state index in [-0.39, 0.29) is 0 Å². The molecule has 0 spiro atoms. The normalized spacial score (nSPS) is 11.6. The lowest BCUT2D eigenvalue weighted by molar-refractivity contribution is 0.283. The highest BCUT2D eigenvalue weighted by molar-refractivity contribution is 5.76. The average molecular weight is 271 g/mol. The van der Waals surface area contributed by atoms with Crippen molar-refractivity contribution in [2.45, 2.75) is 20.0 Å². The third kappa shape index (κ3) is 2.53. The Morgan fingerprint density at radius 3 is 2.85 bits per heavy atom. The second-order valence-corrected chi connectivity index (χ2v) is 5.01. The zero-order chi connectivity index (χ0) is 14.1. The maximum Gasteiger partial charge on any atom is 0.209 e. The number of oxazole rings is 1. The van der Waals surface area contributed by atoms with E-state index in [1.807, 2.05) is 38.2 Å². The zero-order valence-corrected chi connectivity index (χ0v) is 11.6. The van der Waals surface area contributed by atoms with E-state index in [1.165, 1.54) is 5.56 Å². The van der Waals surface area contributed by atoms with E-state index in [9.17, 15) is 0 Å². The molecule has 3 aromatic rings. The number of aromatic nitrogens is 1. The van der Waals surface area contributed by atoms with Gasteiger partial charge >= 0.3 is 0 Å². The maximum atomic E-state index is 5.74. The lowest BCUT2D eigenvalue weighted by Crippen LogP contribution is -2.17. The van der Waals surface area contributed by atoms with Crippen LogP contribution >= 0.6 is 0 Å². The summed E-state index contributed by atoms with van der Waals surface area (Å²) < 4.78 is 11.0. The van der Waals surface area contributed by atoms with Crippen molar-refractivity contribution in [1.29, 1.82) is 0 Å². The van der Waals surface area contributed by atoms with Crippen molar-refractivity contribution in [3.8, 4) is 0 Å². The van der Waals surface area contributed by atoms with Gasteiger partial charge in [-0.1, -0.05) is 0 Å². The number of benzene rings is 1. The predicted molar refractivity (Wildman–Crippen MR) is 77.0 cm³/mol. The Kier molecular flexibility index (Phi) is 3.20. The fourth-order valence-corrected chi connectivity index (χ4v) is 2.21. The second-order valence-electron chi connectivity index (χ2n) is 5.01. The number of anilines is 1. The topological polar surface area (TPSA) is 68.4 Å². The van der Waals surface area contributed by atoms with Gasteiger partial charge in [-0.15, -0.1) is 0 Å². The van der Waals surface area contributed by atoms with Crippen LogP contribution in [-0.2, 0) is 13.1 Å². The Labute approximate surface area is 117 Å². The first-order valence-corrected chi connectivity index (χ1v) is 6.48. The molecular formula is C15H17N3O2. The van der Waals surface area contributed by atoms with Gasteiger partial charge in [0.25, 0.3) is 0 Å². The Balaban J connectivity index is 1.74. The summed E-state index contributed by atoms with van der Waals surface area (Å²) in [6.45, 7) is 3.40. The minimum absolute atomic E-state index is 0.638. The Morgan fingerprint density at radius 1 is 1.25 bits per heavy atom. The van der Waals surface area contributed by atoms with Gasteiger partial charge in [-0.2, -0.15) is 0 Å². The van der Waals surface area contributed by atoms with E-state index in [0.29, 0.717) is 18.1 Å². The molecule has 5 nitrogen and oxygen atoms in total. The molecule has 0 unspecified atom stereocenters. The summed E-state index contributed by atoms with van der Waals surface area (Å²) in [5.41, 5.74) is 9.17. The number of hydrogen-bond donors (Lipinski definition) is 1. The van der Waals surface area contributed by atoms with Crippen molar-refractivity contribution in [2.75, 3.05) is 12.8 Å². The van der Waals surface area contributed by atoms with Gasteiger partial charge in [-0.05, 0) is 38.2 Å². The molecule has 20 heavy (non-hydrogen) atoms. The van der Waals surface area contributed by atoms with Gasteiger partial charge in [0, 0.05) is 17.8 Å². The van der Waals surface area contributed by atoms with Gasteiger partial charge in [0.05, 0.1) is 12.8 Å². The minimum atomic E-state index is 0.638. The van der Waals surface area contributed by atoms with Crippen molar-refractivity contribution in [3.05, 3.63) is 47.7 Å². The van der Waals surface area contributed by atoms with Crippen LogP contribution in [0.4, 0.5) is 5.69 Å². The highest BCUT2D eigenvalue weighted by Gasteiger charge is 2.11. The monoisotopic (exact) mass is 271 g/mol. The fourth-order valence-electron chi connectivity index (χ4n) is 2.21.